The molecular weight excluding hydrogens is 377 g/mol. The van der Waals surface area contributed by atoms with Crippen molar-refractivity contribution in [2.75, 3.05) is 0 Å². The van der Waals surface area contributed by atoms with Gasteiger partial charge in [-0.05, 0) is 0 Å². The molecule has 0 atom stereocenters. The topological polar surface area (TPSA) is 3.88 Å². The average Bonchev–Trinajstić information content (AvgIpc) is 3.11. The second-order valence-electron chi connectivity index (χ2n) is 6.20. The summed E-state index contributed by atoms with van der Waals surface area (Å²) in [5.74, 6) is 0. The number of benzene rings is 3. The van der Waals surface area contributed by atoms with E-state index in [0.29, 0.717) is 14.5 Å². The molecule has 0 saturated heterocycles. The van der Waals surface area contributed by atoms with Gasteiger partial charge in [0.05, 0.1) is 0 Å². The molecule has 0 spiro atoms. The van der Waals surface area contributed by atoms with Crippen molar-refractivity contribution in [3.8, 4) is 10.1 Å². The molecule has 3 heteroatoms. The summed E-state index contributed by atoms with van der Waals surface area (Å²) in [6.07, 6.45) is 0. The zero-order valence-electron chi connectivity index (χ0n) is 13.5. The number of hydrogen-bond acceptors (Lipinski definition) is 1. The SMILES string of the molecule is Cc1ccccc1-c1[se]c2cc3c(cc2[n+]1C)sc1ccccc13. The first kappa shape index (κ1) is 14.4. The molecule has 0 N–H and O–H groups in total. The summed E-state index contributed by atoms with van der Waals surface area (Å²) < 4.78 is 8.15. The summed E-state index contributed by atoms with van der Waals surface area (Å²) in [6, 6.07) is 22.3. The van der Waals surface area contributed by atoms with Gasteiger partial charge in [0, 0.05) is 0 Å². The molecule has 116 valence electrons. The van der Waals surface area contributed by atoms with Crippen LogP contribution in [-0.4, -0.2) is 14.5 Å². The van der Waals surface area contributed by atoms with Crippen molar-refractivity contribution in [1.82, 2.24) is 0 Å². The zero-order chi connectivity index (χ0) is 16.3. The van der Waals surface area contributed by atoms with Crippen molar-refractivity contribution in [3.63, 3.8) is 0 Å². The minimum atomic E-state index is 0.355. The van der Waals surface area contributed by atoms with E-state index < -0.39 is 0 Å². The van der Waals surface area contributed by atoms with Crippen LogP contribution >= 0.6 is 11.3 Å². The van der Waals surface area contributed by atoms with Gasteiger partial charge in [-0.1, -0.05) is 0 Å². The second-order valence-corrected chi connectivity index (χ2v) is 9.44. The summed E-state index contributed by atoms with van der Waals surface area (Å²) >= 11 is 2.26. The molecule has 0 radical (unpaired) electrons. The predicted octanol–water partition coefficient (Wildman–Crippen LogP) is 5.06. The molecule has 24 heavy (non-hydrogen) atoms. The minimum absolute atomic E-state index is 0.355. The standard InChI is InChI=1S/C21H16NSSe/c1-13-7-3-4-8-14(13)21-22(2)17-12-19-16(11-20(17)24-21)15-9-5-6-10-18(15)23-19/h3-12H,1-2H3/q+1. The first-order valence-electron chi connectivity index (χ1n) is 8.02. The Hall–Kier alpha value is -1.93. The number of rotatable bonds is 1. The Bertz CT molecular complexity index is 1230. The van der Waals surface area contributed by atoms with Crippen molar-refractivity contribution in [1.29, 1.82) is 0 Å². The van der Waals surface area contributed by atoms with Crippen LogP contribution in [0.15, 0.2) is 60.7 Å². The third-order valence-electron chi connectivity index (χ3n) is 4.71. The average molecular weight is 393 g/mol. The van der Waals surface area contributed by atoms with Crippen LogP contribution in [0, 0.1) is 6.92 Å². The molecule has 0 saturated carbocycles. The van der Waals surface area contributed by atoms with Crippen LogP contribution in [0.2, 0.25) is 0 Å². The van der Waals surface area contributed by atoms with E-state index in [2.05, 4.69) is 79.2 Å². The van der Waals surface area contributed by atoms with E-state index in [4.69, 9.17) is 0 Å². The van der Waals surface area contributed by atoms with Gasteiger partial charge in [-0.2, -0.15) is 0 Å². The Morgan fingerprint density at radius 1 is 0.875 bits per heavy atom. The van der Waals surface area contributed by atoms with Crippen molar-refractivity contribution in [2.24, 2.45) is 7.05 Å². The van der Waals surface area contributed by atoms with Gasteiger partial charge in [0.15, 0.2) is 0 Å². The van der Waals surface area contributed by atoms with Gasteiger partial charge in [0.1, 0.15) is 0 Å². The van der Waals surface area contributed by atoms with Crippen molar-refractivity contribution < 1.29 is 4.57 Å². The Labute approximate surface area is 150 Å². The van der Waals surface area contributed by atoms with E-state index in [1.54, 1.807) is 0 Å². The summed E-state index contributed by atoms with van der Waals surface area (Å²) in [7, 11) is 2.22. The fourth-order valence-corrected chi connectivity index (χ4v) is 7.18. The van der Waals surface area contributed by atoms with E-state index >= 15 is 0 Å². The van der Waals surface area contributed by atoms with E-state index in [-0.39, 0.29) is 0 Å². The fourth-order valence-electron chi connectivity index (χ4n) is 3.42. The molecule has 1 nitrogen and oxygen atoms in total. The van der Waals surface area contributed by atoms with Crippen molar-refractivity contribution >= 4 is 55.8 Å². The number of aromatic nitrogens is 1. The maximum absolute atomic E-state index is 2.44. The number of thiophene rings is 1. The Morgan fingerprint density at radius 2 is 1.67 bits per heavy atom. The van der Waals surface area contributed by atoms with Gasteiger partial charge in [0.25, 0.3) is 0 Å². The van der Waals surface area contributed by atoms with Gasteiger partial charge >= 0.3 is 151 Å². The molecule has 0 aliphatic heterocycles. The van der Waals surface area contributed by atoms with Crippen LogP contribution in [-0.2, 0) is 7.05 Å². The molecule has 0 fully saturated rings. The van der Waals surface area contributed by atoms with Gasteiger partial charge in [0.2, 0.25) is 0 Å². The van der Waals surface area contributed by atoms with Gasteiger partial charge < -0.3 is 0 Å². The Kier molecular flexibility index (Phi) is 3.17. The molecule has 0 aliphatic rings. The molecule has 2 aromatic heterocycles. The number of aryl methyl sites for hydroxylation is 2. The molecule has 0 bridgehead atoms. The summed E-state index contributed by atoms with van der Waals surface area (Å²) in [4.78, 5) is 0. The molecule has 0 unspecified atom stereocenters. The third-order valence-corrected chi connectivity index (χ3v) is 8.43. The number of nitrogens with zero attached hydrogens (tertiary/aromatic N) is 1. The van der Waals surface area contributed by atoms with E-state index in [1.807, 2.05) is 11.3 Å². The van der Waals surface area contributed by atoms with Gasteiger partial charge in [-0.25, -0.2) is 0 Å². The van der Waals surface area contributed by atoms with Gasteiger partial charge in [-0.3, -0.25) is 0 Å². The normalized spacial score (nSPS) is 11.8. The predicted molar refractivity (Wildman–Crippen MR) is 105 cm³/mol. The molecule has 0 aliphatic carbocycles. The van der Waals surface area contributed by atoms with Crippen LogP contribution in [0.3, 0.4) is 0 Å². The number of hydrogen-bond donors (Lipinski definition) is 0. The molecule has 5 rings (SSSR count). The number of fused-ring (bicyclic) bond motifs is 4. The molecular formula is C21H16NSSe+. The fraction of sp³-hybridized carbons (Fsp3) is 0.0952. The molecule has 2 heterocycles. The Morgan fingerprint density at radius 3 is 2.54 bits per heavy atom. The quantitative estimate of drug-likeness (QED) is 0.277. The van der Waals surface area contributed by atoms with Crippen molar-refractivity contribution in [2.45, 2.75) is 6.92 Å². The summed E-state index contributed by atoms with van der Waals surface area (Å²) in [5.41, 5.74) is 4.14. The molecule has 0 amide bonds. The second kappa shape index (κ2) is 5.29. The van der Waals surface area contributed by atoms with E-state index in [1.165, 1.54) is 45.6 Å². The van der Waals surface area contributed by atoms with Crippen LogP contribution in [0.4, 0.5) is 0 Å². The van der Waals surface area contributed by atoms with Crippen LogP contribution < -0.4 is 4.57 Å². The molecule has 3 aromatic carbocycles. The summed E-state index contributed by atoms with van der Waals surface area (Å²) in [5, 5.41) is 2.80. The van der Waals surface area contributed by atoms with E-state index in [9.17, 15) is 0 Å². The molecule has 5 aromatic rings. The first-order valence-corrected chi connectivity index (χ1v) is 10.5. The van der Waals surface area contributed by atoms with E-state index in [0.717, 1.165) is 0 Å². The third kappa shape index (κ3) is 2.02. The monoisotopic (exact) mass is 394 g/mol. The first-order chi connectivity index (χ1) is 11.7. The maximum atomic E-state index is 2.44. The summed E-state index contributed by atoms with van der Waals surface area (Å²) in [6.45, 7) is 2.21. The van der Waals surface area contributed by atoms with Crippen molar-refractivity contribution in [3.05, 3.63) is 66.2 Å². The zero-order valence-corrected chi connectivity index (χ0v) is 16.1. The van der Waals surface area contributed by atoms with Crippen LogP contribution in [0.25, 0.3) is 40.1 Å². The van der Waals surface area contributed by atoms with Crippen LogP contribution in [0.1, 0.15) is 5.56 Å². The van der Waals surface area contributed by atoms with Gasteiger partial charge in [-0.15, -0.1) is 0 Å². The van der Waals surface area contributed by atoms with Crippen LogP contribution in [0.5, 0.6) is 0 Å². The Balaban J connectivity index is 1.85.